The van der Waals surface area contributed by atoms with Crippen molar-refractivity contribution < 1.29 is 4.74 Å². The monoisotopic (exact) mass is 351 g/mol. The zero-order valence-electron chi connectivity index (χ0n) is 11.6. The van der Waals surface area contributed by atoms with E-state index in [2.05, 4.69) is 34.3 Å². The zero-order chi connectivity index (χ0) is 14.5. The summed E-state index contributed by atoms with van der Waals surface area (Å²) in [6, 6.07) is 14.0. The van der Waals surface area contributed by atoms with E-state index in [1.54, 1.807) is 11.8 Å². The van der Waals surface area contributed by atoms with E-state index < -0.39 is 0 Å². The van der Waals surface area contributed by atoms with E-state index in [9.17, 15) is 0 Å². The van der Waals surface area contributed by atoms with E-state index >= 15 is 0 Å². The average Bonchev–Trinajstić information content (AvgIpc) is 2.48. The molecule has 0 aromatic heterocycles. The first kappa shape index (κ1) is 15.4. The van der Waals surface area contributed by atoms with Gasteiger partial charge < -0.3 is 10.5 Å². The van der Waals surface area contributed by atoms with Gasteiger partial charge in [-0.25, -0.2) is 0 Å². The highest BCUT2D eigenvalue weighted by Gasteiger charge is 2.17. The quantitative estimate of drug-likeness (QED) is 0.798. The minimum atomic E-state index is -0.197. The van der Waals surface area contributed by atoms with Gasteiger partial charge in [0.05, 0.1) is 12.6 Å². The van der Waals surface area contributed by atoms with Crippen molar-refractivity contribution in [2.45, 2.75) is 17.9 Å². The molecule has 1 unspecified atom stereocenters. The topological polar surface area (TPSA) is 35.2 Å². The highest BCUT2D eigenvalue weighted by molar-refractivity contribution is 9.10. The van der Waals surface area contributed by atoms with Crippen LogP contribution in [0.2, 0.25) is 0 Å². The van der Waals surface area contributed by atoms with Crippen LogP contribution < -0.4 is 10.5 Å². The molecule has 4 heteroatoms. The maximum atomic E-state index is 6.48. The van der Waals surface area contributed by atoms with E-state index in [0.29, 0.717) is 6.61 Å². The van der Waals surface area contributed by atoms with Crippen LogP contribution in [0.5, 0.6) is 5.75 Å². The van der Waals surface area contributed by atoms with Gasteiger partial charge in [-0.05, 0) is 43.0 Å². The van der Waals surface area contributed by atoms with Crippen LogP contribution in [0.3, 0.4) is 0 Å². The van der Waals surface area contributed by atoms with E-state index in [1.807, 2.05) is 37.3 Å². The molecule has 0 bridgehead atoms. The normalized spacial score (nSPS) is 12.2. The first-order valence-electron chi connectivity index (χ1n) is 6.48. The molecule has 20 heavy (non-hydrogen) atoms. The Bertz CT molecular complexity index is 588. The summed E-state index contributed by atoms with van der Waals surface area (Å²) in [6.45, 7) is 2.61. The standard InChI is InChI=1S/C16H18BrNOS/c1-3-19-14-9-8-11(17)10-13(14)16(18)12-6-4-5-7-15(12)20-2/h4-10,16H,3,18H2,1-2H3. The van der Waals surface area contributed by atoms with Crippen molar-refractivity contribution in [3.63, 3.8) is 0 Å². The fourth-order valence-electron chi connectivity index (χ4n) is 2.14. The third kappa shape index (κ3) is 3.37. The molecule has 0 saturated heterocycles. The third-order valence-corrected chi connectivity index (χ3v) is 4.39. The Balaban J connectivity index is 2.46. The smallest absolute Gasteiger partial charge is 0.124 e. The Kier molecular flexibility index (Phi) is 5.52. The summed E-state index contributed by atoms with van der Waals surface area (Å²) in [7, 11) is 0. The van der Waals surface area contributed by atoms with Gasteiger partial charge in [0.2, 0.25) is 0 Å². The van der Waals surface area contributed by atoms with Crippen molar-refractivity contribution in [1.29, 1.82) is 0 Å². The van der Waals surface area contributed by atoms with Crippen molar-refractivity contribution in [3.05, 3.63) is 58.1 Å². The number of thioether (sulfide) groups is 1. The van der Waals surface area contributed by atoms with Gasteiger partial charge in [-0.15, -0.1) is 11.8 Å². The molecular weight excluding hydrogens is 334 g/mol. The second-order valence-corrected chi connectivity index (χ2v) is 6.10. The molecule has 0 aliphatic carbocycles. The van der Waals surface area contributed by atoms with Crippen LogP contribution in [0, 0.1) is 0 Å². The van der Waals surface area contributed by atoms with Crippen LogP contribution in [-0.2, 0) is 0 Å². The summed E-state index contributed by atoms with van der Waals surface area (Å²) >= 11 is 5.22. The molecule has 2 N–H and O–H groups in total. The molecule has 0 saturated carbocycles. The molecule has 2 aromatic rings. The van der Waals surface area contributed by atoms with Crippen molar-refractivity contribution >= 4 is 27.7 Å². The van der Waals surface area contributed by atoms with Crippen molar-refractivity contribution in [3.8, 4) is 5.75 Å². The molecule has 2 aromatic carbocycles. The highest BCUT2D eigenvalue weighted by atomic mass is 79.9. The van der Waals surface area contributed by atoms with Crippen LogP contribution in [0.4, 0.5) is 0 Å². The number of hydrogen-bond acceptors (Lipinski definition) is 3. The Morgan fingerprint density at radius 2 is 1.95 bits per heavy atom. The molecule has 0 amide bonds. The number of nitrogens with two attached hydrogens (primary N) is 1. The molecule has 1 atom stereocenters. The van der Waals surface area contributed by atoms with Crippen LogP contribution >= 0.6 is 27.7 Å². The fraction of sp³-hybridized carbons (Fsp3) is 0.250. The van der Waals surface area contributed by atoms with Crippen molar-refractivity contribution in [1.82, 2.24) is 0 Å². The summed E-state index contributed by atoms with van der Waals surface area (Å²) in [5.41, 5.74) is 8.61. The van der Waals surface area contributed by atoms with Crippen LogP contribution in [0.1, 0.15) is 24.1 Å². The van der Waals surface area contributed by atoms with E-state index in [1.165, 1.54) is 4.90 Å². The number of rotatable bonds is 5. The number of halogens is 1. The molecule has 2 nitrogen and oxygen atoms in total. The molecule has 0 fully saturated rings. The maximum absolute atomic E-state index is 6.48. The zero-order valence-corrected chi connectivity index (χ0v) is 14.0. The summed E-state index contributed by atoms with van der Waals surface area (Å²) in [6.07, 6.45) is 2.07. The van der Waals surface area contributed by atoms with E-state index in [-0.39, 0.29) is 6.04 Å². The predicted molar refractivity (Wildman–Crippen MR) is 89.6 cm³/mol. The first-order chi connectivity index (χ1) is 9.67. The number of benzene rings is 2. The minimum Gasteiger partial charge on any atom is -0.494 e. The molecule has 0 aliphatic rings. The Labute approximate surface area is 132 Å². The van der Waals surface area contributed by atoms with Gasteiger partial charge in [0, 0.05) is 14.9 Å². The lowest BCUT2D eigenvalue weighted by atomic mass is 9.98. The minimum absolute atomic E-state index is 0.197. The summed E-state index contributed by atoms with van der Waals surface area (Å²) in [5, 5.41) is 0. The molecule has 2 rings (SSSR count). The van der Waals surface area contributed by atoms with Gasteiger partial charge >= 0.3 is 0 Å². The van der Waals surface area contributed by atoms with Gasteiger partial charge in [-0.3, -0.25) is 0 Å². The number of ether oxygens (including phenoxy) is 1. The van der Waals surface area contributed by atoms with Gasteiger partial charge in [-0.2, -0.15) is 0 Å². The molecule has 0 aliphatic heterocycles. The lowest BCUT2D eigenvalue weighted by Crippen LogP contribution is -2.14. The van der Waals surface area contributed by atoms with Gasteiger partial charge in [0.15, 0.2) is 0 Å². The molecule has 106 valence electrons. The summed E-state index contributed by atoms with van der Waals surface area (Å²) in [5.74, 6) is 0.846. The second kappa shape index (κ2) is 7.16. The van der Waals surface area contributed by atoms with Crippen molar-refractivity contribution in [2.75, 3.05) is 12.9 Å². The Hall–Kier alpha value is -0.970. The lowest BCUT2D eigenvalue weighted by molar-refractivity contribution is 0.335. The largest absolute Gasteiger partial charge is 0.494 e. The third-order valence-electron chi connectivity index (χ3n) is 3.08. The predicted octanol–water partition coefficient (Wildman–Crippen LogP) is 4.62. The SMILES string of the molecule is CCOc1ccc(Br)cc1C(N)c1ccccc1SC. The average molecular weight is 352 g/mol. The van der Waals surface area contributed by atoms with Crippen LogP contribution in [0.15, 0.2) is 51.8 Å². The highest BCUT2D eigenvalue weighted by Crippen LogP contribution is 2.34. The molecule has 0 spiro atoms. The van der Waals surface area contributed by atoms with Crippen LogP contribution in [0.25, 0.3) is 0 Å². The molecule has 0 radical (unpaired) electrons. The first-order valence-corrected chi connectivity index (χ1v) is 8.50. The summed E-state index contributed by atoms with van der Waals surface area (Å²) in [4.78, 5) is 1.20. The van der Waals surface area contributed by atoms with Gasteiger partial charge in [0.25, 0.3) is 0 Å². The lowest BCUT2D eigenvalue weighted by Gasteiger charge is -2.19. The molecular formula is C16H18BrNOS. The van der Waals surface area contributed by atoms with E-state index in [4.69, 9.17) is 10.5 Å². The fourth-order valence-corrected chi connectivity index (χ4v) is 3.16. The van der Waals surface area contributed by atoms with Gasteiger partial charge in [-0.1, -0.05) is 34.1 Å². The summed E-state index contributed by atoms with van der Waals surface area (Å²) < 4.78 is 6.71. The van der Waals surface area contributed by atoms with Crippen molar-refractivity contribution in [2.24, 2.45) is 5.73 Å². The maximum Gasteiger partial charge on any atom is 0.124 e. The van der Waals surface area contributed by atoms with E-state index in [0.717, 1.165) is 21.3 Å². The Morgan fingerprint density at radius 3 is 2.65 bits per heavy atom. The molecule has 0 heterocycles. The second-order valence-electron chi connectivity index (χ2n) is 4.33. The van der Waals surface area contributed by atoms with Crippen LogP contribution in [-0.4, -0.2) is 12.9 Å². The van der Waals surface area contributed by atoms with Gasteiger partial charge in [0.1, 0.15) is 5.75 Å². The number of hydrogen-bond donors (Lipinski definition) is 1. The Morgan fingerprint density at radius 1 is 1.20 bits per heavy atom.